The van der Waals surface area contributed by atoms with Gasteiger partial charge in [0.25, 0.3) is 0 Å². The first-order valence-corrected chi connectivity index (χ1v) is 5.40. The van der Waals surface area contributed by atoms with Crippen molar-refractivity contribution < 1.29 is 4.74 Å². The summed E-state index contributed by atoms with van der Waals surface area (Å²) in [7, 11) is 0. The van der Waals surface area contributed by atoms with Crippen molar-refractivity contribution >= 4 is 11.8 Å². The molecule has 0 unspecified atom stereocenters. The molecule has 0 saturated carbocycles. The zero-order valence-electron chi connectivity index (χ0n) is 9.79. The fourth-order valence-electron chi connectivity index (χ4n) is 1.26. The van der Waals surface area contributed by atoms with Crippen molar-refractivity contribution in [2.75, 3.05) is 30.5 Å². The number of nitrogen functional groups attached to an aromatic ring is 1. The molecule has 0 fully saturated rings. The van der Waals surface area contributed by atoms with Crippen LogP contribution in [0.5, 0.6) is 0 Å². The van der Waals surface area contributed by atoms with Crippen LogP contribution in [0.3, 0.4) is 0 Å². The van der Waals surface area contributed by atoms with Crippen LogP contribution in [-0.2, 0) is 4.74 Å². The number of anilines is 2. The van der Waals surface area contributed by atoms with Gasteiger partial charge in [-0.3, -0.25) is 5.43 Å². The highest BCUT2D eigenvalue weighted by atomic mass is 16.5. The Kier molecular flexibility index (Phi) is 5.52. The van der Waals surface area contributed by atoms with Crippen molar-refractivity contribution in [3.63, 3.8) is 0 Å². The fourth-order valence-corrected chi connectivity index (χ4v) is 1.26. The van der Waals surface area contributed by atoms with Crippen LogP contribution in [0, 0.1) is 6.92 Å². The summed E-state index contributed by atoms with van der Waals surface area (Å²) in [6.07, 6.45) is 0.947. The first-order chi connectivity index (χ1) is 7.76. The molecule has 16 heavy (non-hydrogen) atoms. The van der Waals surface area contributed by atoms with Gasteiger partial charge in [-0.25, -0.2) is 10.8 Å². The summed E-state index contributed by atoms with van der Waals surface area (Å²) in [5.74, 6) is 6.46. The third kappa shape index (κ3) is 4.41. The molecule has 0 aromatic carbocycles. The number of nitrogens with two attached hydrogens (primary N) is 1. The maximum Gasteiger partial charge on any atom is 0.239 e. The van der Waals surface area contributed by atoms with E-state index in [0.717, 1.165) is 37.7 Å². The highest BCUT2D eigenvalue weighted by molar-refractivity contribution is 5.41. The summed E-state index contributed by atoms with van der Waals surface area (Å²) < 4.78 is 5.23. The summed E-state index contributed by atoms with van der Waals surface area (Å²) in [5.41, 5.74) is 3.30. The van der Waals surface area contributed by atoms with E-state index < -0.39 is 0 Å². The molecule has 90 valence electrons. The number of ether oxygens (including phenoxy) is 1. The van der Waals surface area contributed by atoms with Gasteiger partial charge in [0.15, 0.2) is 0 Å². The summed E-state index contributed by atoms with van der Waals surface area (Å²) >= 11 is 0. The Bertz CT molecular complexity index is 318. The van der Waals surface area contributed by atoms with Crippen LogP contribution in [0.4, 0.5) is 11.8 Å². The Morgan fingerprint density at radius 2 is 2.25 bits per heavy atom. The second-order valence-electron chi connectivity index (χ2n) is 3.34. The van der Waals surface area contributed by atoms with Gasteiger partial charge in [-0.15, -0.1) is 0 Å². The lowest BCUT2D eigenvalue weighted by Gasteiger charge is -2.07. The fraction of sp³-hybridized carbons (Fsp3) is 0.600. The smallest absolute Gasteiger partial charge is 0.239 e. The van der Waals surface area contributed by atoms with E-state index in [0.29, 0.717) is 5.95 Å². The van der Waals surface area contributed by atoms with E-state index >= 15 is 0 Å². The third-order valence-electron chi connectivity index (χ3n) is 1.96. The van der Waals surface area contributed by atoms with Crippen LogP contribution in [0.2, 0.25) is 0 Å². The van der Waals surface area contributed by atoms with Gasteiger partial charge in [-0.1, -0.05) is 0 Å². The Balaban J connectivity index is 2.38. The van der Waals surface area contributed by atoms with E-state index in [1.54, 1.807) is 0 Å². The molecule has 6 heteroatoms. The van der Waals surface area contributed by atoms with Crippen molar-refractivity contribution in [2.24, 2.45) is 5.84 Å². The first kappa shape index (κ1) is 12.7. The predicted octanol–water partition coefficient (Wildman–Crippen LogP) is 0.909. The second kappa shape index (κ2) is 6.97. The van der Waals surface area contributed by atoms with Crippen molar-refractivity contribution in [2.45, 2.75) is 20.3 Å². The number of hydrazine groups is 1. The van der Waals surface area contributed by atoms with Crippen LogP contribution in [0.15, 0.2) is 6.07 Å². The minimum absolute atomic E-state index is 0.423. The average molecular weight is 225 g/mol. The van der Waals surface area contributed by atoms with Crippen molar-refractivity contribution in [1.82, 2.24) is 9.97 Å². The minimum Gasteiger partial charge on any atom is -0.382 e. The Hall–Kier alpha value is -1.40. The lowest BCUT2D eigenvalue weighted by Crippen LogP contribution is -2.13. The summed E-state index contributed by atoms with van der Waals surface area (Å²) in [4.78, 5) is 8.27. The van der Waals surface area contributed by atoms with Gasteiger partial charge in [0.2, 0.25) is 5.95 Å². The quantitative estimate of drug-likeness (QED) is 0.363. The molecule has 4 N–H and O–H groups in total. The van der Waals surface area contributed by atoms with Gasteiger partial charge < -0.3 is 10.1 Å². The molecular weight excluding hydrogens is 206 g/mol. The second-order valence-corrected chi connectivity index (χ2v) is 3.34. The van der Waals surface area contributed by atoms with Gasteiger partial charge in [0.05, 0.1) is 0 Å². The summed E-state index contributed by atoms with van der Waals surface area (Å²) in [6, 6.07) is 1.88. The molecule has 0 aliphatic carbocycles. The predicted molar refractivity (Wildman–Crippen MR) is 64.2 cm³/mol. The highest BCUT2D eigenvalue weighted by Gasteiger charge is 1.99. The van der Waals surface area contributed by atoms with Gasteiger partial charge >= 0.3 is 0 Å². The molecule has 0 aliphatic rings. The maximum absolute atomic E-state index is 5.26. The zero-order valence-corrected chi connectivity index (χ0v) is 9.79. The van der Waals surface area contributed by atoms with Gasteiger partial charge in [0, 0.05) is 31.5 Å². The number of nitrogens with zero attached hydrogens (tertiary/aromatic N) is 2. The molecule has 0 spiro atoms. The molecular formula is C10H19N5O. The zero-order chi connectivity index (χ0) is 11.8. The molecule has 1 aromatic rings. The Morgan fingerprint density at radius 1 is 1.44 bits per heavy atom. The van der Waals surface area contributed by atoms with Crippen LogP contribution in [0.25, 0.3) is 0 Å². The van der Waals surface area contributed by atoms with Crippen LogP contribution in [-0.4, -0.2) is 29.7 Å². The van der Waals surface area contributed by atoms with Crippen LogP contribution in [0.1, 0.15) is 19.0 Å². The van der Waals surface area contributed by atoms with Crippen LogP contribution < -0.4 is 16.6 Å². The molecule has 1 rings (SSSR count). The van der Waals surface area contributed by atoms with Gasteiger partial charge in [-0.2, -0.15) is 4.98 Å². The van der Waals surface area contributed by atoms with Crippen molar-refractivity contribution in [3.05, 3.63) is 11.8 Å². The molecule has 6 nitrogen and oxygen atoms in total. The van der Waals surface area contributed by atoms with E-state index in [1.807, 2.05) is 19.9 Å². The highest BCUT2D eigenvalue weighted by Crippen LogP contribution is 2.08. The molecule has 0 bridgehead atoms. The average Bonchev–Trinajstić information content (AvgIpc) is 2.28. The maximum atomic E-state index is 5.26. The number of hydrogen-bond donors (Lipinski definition) is 3. The number of hydrogen-bond acceptors (Lipinski definition) is 6. The van der Waals surface area contributed by atoms with Crippen LogP contribution >= 0.6 is 0 Å². The monoisotopic (exact) mass is 225 g/mol. The summed E-state index contributed by atoms with van der Waals surface area (Å²) in [5, 5.41) is 3.19. The molecule has 0 radical (unpaired) electrons. The number of aryl methyl sites for hydroxylation is 1. The van der Waals surface area contributed by atoms with E-state index in [2.05, 4.69) is 20.7 Å². The minimum atomic E-state index is 0.423. The Morgan fingerprint density at radius 3 is 2.94 bits per heavy atom. The van der Waals surface area contributed by atoms with E-state index in [4.69, 9.17) is 10.6 Å². The summed E-state index contributed by atoms with van der Waals surface area (Å²) in [6.45, 7) is 6.22. The van der Waals surface area contributed by atoms with Crippen molar-refractivity contribution in [1.29, 1.82) is 0 Å². The SMILES string of the molecule is CCOCCCNc1cc(C)nc(NN)n1. The first-order valence-electron chi connectivity index (χ1n) is 5.40. The van der Waals surface area contributed by atoms with Gasteiger partial charge in [0.1, 0.15) is 5.82 Å². The normalized spacial score (nSPS) is 10.2. The number of nitrogens with one attached hydrogen (secondary N) is 2. The van der Waals surface area contributed by atoms with E-state index in [1.165, 1.54) is 0 Å². The van der Waals surface area contributed by atoms with Crippen molar-refractivity contribution in [3.8, 4) is 0 Å². The molecule has 0 atom stereocenters. The Labute approximate surface area is 95.6 Å². The van der Waals surface area contributed by atoms with E-state index in [9.17, 15) is 0 Å². The topological polar surface area (TPSA) is 85.1 Å². The number of rotatable bonds is 7. The van der Waals surface area contributed by atoms with E-state index in [-0.39, 0.29) is 0 Å². The van der Waals surface area contributed by atoms with Gasteiger partial charge in [-0.05, 0) is 20.3 Å². The number of aromatic nitrogens is 2. The molecule has 1 heterocycles. The third-order valence-corrected chi connectivity index (χ3v) is 1.96. The standard InChI is InChI=1S/C10H19N5O/c1-3-16-6-4-5-12-9-7-8(2)13-10(14-9)15-11/h7H,3-6,11H2,1-2H3,(H2,12,13,14,15). The molecule has 0 saturated heterocycles. The molecule has 0 aliphatic heterocycles. The largest absolute Gasteiger partial charge is 0.382 e. The molecule has 0 amide bonds. The molecule has 1 aromatic heterocycles. The lowest BCUT2D eigenvalue weighted by atomic mass is 10.4. The lowest BCUT2D eigenvalue weighted by molar-refractivity contribution is 0.147.